The Labute approximate surface area is 186 Å². The van der Waals surface area contributed by atoms with Gasteiger partial charge in [-0.15, -0.1) is 4.40 Å². The molecule has 0 radical (unpaired) electrons. The lowest BCUT2D eigenvalue weighted by Crippen LogP contribution is -2.31. The molecular formula is C25H44N2O2S. The summed E-state index contributed by atoms with van der Waals surface area (Å²) < 4.78 is 29.8. The van der Waals surface area contributed by atoms with Gasteiger partial charge in [0.2, 0.25) is 0 Å². The summed E-state index contributed by atoms with van der Waals surface area (Å²) in [7, 11) is -3.66. The second kappa shape index (κ2) is 15.4. The van der Waals surface area contributed by atoms with Crippen LogP contribution in [-0.2, 0) is 10.0 Å². The number of rotatable bonds is 16. The first-order valence-corrected chi connectivity index (χ1v) is 13.5. The van der Waals surface area contributed by atoms with Crippen molar-refractivity contribution in [3.63, 3.8) is 0 Å². The Kier molecular flexibility index (Phi) is 13.7. The van der Waals surface area contributed by atoms with Crippen molar-refractivity contribution in [2.75, 3.05) is 13.1 Å². The number of nitrogens with zero attached hydrogens (tertiary/aromatic N) is 2. The van der Waals surface area contributed by atoms with Gasteiger partial charge in [-0.05, 0) is 39.3 Å². The van der Waals surface area contributed by atoms with Crippen molar-refractivity contribution in [2.24, 2.45) is 4.40 Å². The quantitative estimate of drug-likeness (QED) is 0.157. The molecule has 4 nitrogen and oxygen atoms in total. The van der Waals surface area contributed by atoms with Gasteiger partial charge in [-0.3, -0.25) is 0 Å². The fourth-order valence-electron chi connectivity index (χ4n) is 3.70. The van der Waals surface area contributed by atoms with E-state index in [4.69, 9.17) is 0 Å². The average molecular weight is 437 g/mol. The lowest BCUT2D eigenvalue weighted by atomic mass is 10.1. The van der Waals surface area contributed by atoms with E-state index in [1.165, 1.54) is 57.8 Å². The second-order valence-corrected chi connectivity index (χ2v) is 9.86. The van der Waals surface area contributed by atoms with Gasteiger partial charge in [0.05, 0.1) is 4.90 Å². The van der Waals surface area contributed by atoms with E-state index in [9.17, 15) is 8.42 Å². The smallest absolute Gasteiger partial charge is 0.283 e. The third kappa shape index (κ3) is 10.6. The molecule has 0 amide bonds. The Hall–Kier alpha value is -1.36. The van der Waals surface area contributed by atoms with E-state index in [1.54, 1.807) is 12.1 Å². The van der Waals surface area contributed by atoms with Crippen LogP contribution < -0.4 is 0 Å². The third-order valence-electron chi connectivity index (χ3n) is 5.68. The van der Waals surface area contributed by atoms with Gasteiger partial charge in [0, 0.05) is 19.5 Å². The molecule has 0 aromatic heterocycles. The number of benzene rings is 1. The molecular weight excluding hydrogens is 392 g/mol. The molecule has 0 atom stereocenters. The molecule has 1 aromatic rings. The predicted octanol–water partition coefficient (Wildman–Crippen LogP) is 7.13. The average Bonchev–Trinajstić information content (AvgIpc) is 2.72. The van der Waals surface area contributed by atoms with Crippen molar-refractivity contribution in [1.82, 2.24) is 4.90 Å². The van der Waals surface area contributed by atoms with Crippen molar-refractivity contribution >= 4 is 15.9 Å². The van der Waals surface area contributed by atoms with Crippen LogP contribution in [-0.4, -0.2) is 32.2 Å². The largest absolute Gasteiger partial charge is 0.360 e. The Bertz CT molecular complexity index is 692. The van der Waals surface area contributed by atoms with Gasteiger partial charge in [0.25, 0.3) is 10.0 Å². The maximum Gasteiger partial charge on any atom is 0.283 e. The minimum absolute atomic E-state index is 0.275. The van der Waals surface area contributed by atoms with E-state index in [0.29, 0.717) is 5.84 Å². The van der Waals surface area contributed by atoms with Crippen molar-refractivity contribution in [3.8, 4) is 0 Å². The zero-order valence-electron chi connectivity index (χ0n) is 19.8. The highest BCUT2D eigenvalue weighted by atomic mass is 32.2. The Morgan fingerprint density at radius 1 is 0.767 bits per heavy atom. The fourth-order valence-corrected chi connectivity index (χ4v) is 4.77. The van der Waals surface area contributed by atoms with Crippen molar-refractivity contribution in [1.29, 1.82) is 0 Å². The highest BCUT2D eigenvalue weighted by Crippen LogP contribution is 2.17. The van der Waals surface area contributed by atoms with Gasteiger partial charge in [-0.25, -0.2) is 0 Å². The zero-order chi connectivity index (χ0) is 22.2. The van der Waals surface area contributed by atoms with Crippen LogP contribution in [0.5, 0.6) is 0 Å². The highest BCUT2D eigenvalue weighted by molar-refractivity contribution is 7.90. The van der Waals surface area contributed by atoms with Crippen LogP contribution in [0.25, 0.3) is 0 Å². The molecule has 1 rings (SSSR count). The predicted molar refractivity (Wildman–Crippen MR) is 130 cm³/mol. The number of hydrogen-bond donors (Lipinski definition) is 0. The van der Waals surface area contributed by atoms with Crippen LogP contribution in [0.2, 0.25) is 0 Å². The van der Waals surface area contributed by atoms with Gasteiger partial charge in [-0.2, -0.15) is 8.42 Å². The van der Waals surface area contributed by atoms with Crippen molar-refractivity contribution < 1.29 is 8.42 Å². The fraction of sp³-hybridized carbons (Fsp3) is 0.720. The SMILES string of the molecule is CCCCCCCCCCCCC/C(=N\S(=O)(=O)c1ccc(C)cc1)N(CC)CC. The Morgan fingerprint density at radius 2 is 1.23 bits per heavy atom. The van der Waals surface area contributed by atoms with Gasteiger partial charge in [0.15, 0.2) is 0 Å². The molecule has 1 aromatic carbocycles. The van der Waals surface area contributed by atoms with Crippen LogP contribution in [0.1, 0.15) is 103 Å². The first kappa shape index (κ1) is 26.7. The standard InChI is InChI=1S/C25H44N2O2S/c1-5-8-9-10-11-12-13-14-15-16-17-18-25(27(6-2)7-3)26-30(28,29)24-21-19-23(4)20-22-24/h19-22H,5-18H2,1-4H3/b26-25+. The molecule has 172 valence electrons. The molecule has 0 saturated carbocycles. The first-order valence-electron chi connectivity index (χ1n) is 12.1. The molecule has 0 spiro atoms. The van der Waals surface area contributed by atoms with Crippen molar-refractivity contribution in [2.45, 2.75) is 110 Å². The minimum atomic E-state index is -3.66. The summed E-state index contributed by atoms with van der Waals surface area (Å²) in [5.74, 6) is 0.705. The summed E-state index contributed by atoms with van der Waals surface area (Å²) in [4.78, 5) is 2.35. The van der Waals surface area contributed by atoms with Crippen LogP contribution in [0, 0.1) is 6.92 Å². The lowest BCUT2D eigenvalue weighted by Gasteiger charge is -2.23. The number of aryl methyl sites for hydroxylation is 1. The monoisotopic (exact) mass is 436 g/mol. The lowest BCUT2D eigenvalue weighted by molar-refractivity contribution is 0.451. The van der Waals surface area contributed by atoms with E-state index in [0.717, 1.165) is 37.9 Å². The zero-order valence-corrected chi connectivity index (χ0v) is 20.6. The summed E-state index contributed by atoms with van der Waals surface area (Å²) in [5.41, 5.74) is 1.04. The van der Waals surface area contributed by atoms with E-state index in [2.05, 4.69) is 30.1 Å². The van der Waals surface area contributed by atoms with Crippen LogP contribution >= 0.6 is 0 Å². The van der Waals surface area contributed by atoms with Crippen molar-refractivity contribution in [3.05, 3.63) is 29.8 Å². The molecule has 0 aliphatic carbocycles. The van der Waals surface area contributed by atoms with Gasteiger partial charge in [0.1, 0.15) is 5.84 Å². The molecule has 0 N–H and O–H groups in total. The summed E-state index contributed by atoms with van der Waals surface area (Å²) in [6, 6.07) is 6.94. The number of hydrogen-bond acceptors (Lipinski definition) is 2. The molecule has 0 aliphatic heterocycles. The van der Waals surface area contributed by atoms with E-state index in [-0.39, 0.29) is 4.90 Å². The Morgan fingerprint density at radius 3 is 1.70 bits per heavy atom. The molecule has 0 heterocycles. The summed E-state index contributed by atoms with van der Waals surface area (Å²) in [6.45, 7) is 9.87. The minimum Gasteiger partial charge on any atom is -0.360 e. The topological polar surface area (TPSA) is 49.7 Å². The molecule has 0 saturated heterocycles. The molecule has 0 aliphatic rings. The molecule has 0 unspecified atom stereocenters. The number of amidine groups is 1. The van der Waals surface area contributed by atoms with Crippen LogP contribution in [0.15, 0.2) is 33.6 Å². The Balaban J connectivity index is 2.50. The maximum absolute atomic E-state index is 12.8. The summed E-state index contributed by atoms with van der Waals surface area (Å²) in [5, 5.41) is 0. The molecule has 5 heteroatoms. The molecule has 30 heavy (non-hydrogen) atoms. The first-order chi connectivity index (χ1) is 14.4. The maximum atomic E-state index is 12.8. The number of sulfonamides is 1. The molecule has 0 bridgehead atoms. The van der Waals surface area contributed by atoms with E-state index >= 15 is 0 Å². The normalized spacial score (nSPS) is 12.3. The van der Waals surface area contributed by atoms with Crippen LogP contribution in [0.3, 0.4) is 0 Å². The van der Waals surface area contributed by atoms with Gasteiger partial charge in [-0.1, -0.05) is 88.8 Å². The van der Waals surface area contributed by atoms with Crippen LogP contribution in [0.4, 0.5) is 0 Å². The summed E-state index contributed by atoms with van der Waals surface area (Å²) >= 11 is 0. The second-order valence-electron chi connectivity index (χ2n) is 8.25. The van der Waals surface area contributed by atoms with Gasteiger partial charge < -0.3 is 4.90 Å². The van der Waals surface area contributed by atoms with Gasteiger partial charge >= 0.3 is 0 Å². The molecule has 0 fully saturated rings. The number of unbranched alkanes of at least 4 members (excludes halogenated alkanes) is 10. The third-order valence-corrected chi connectivity index (χ3v) is 7.00. The summed E-state index contributed by atoms with van der Waals surface area (Å²) in [6.07, 6.45) is 14.9. The van der Waals surface area contributed by atoms with E-state index in [1.807, 2.05) is 19.1 Å². The van der Waals surface area contributed by atoms with E-state index < -0.39 is 10.0 Å². The highest BCUT2D eigenvalue weighted by Gasteiger charge is 2.17.